The Kier molecular flexibility index (Phi) is 4.59. The molecule has 2 fully saturated rings. The molecule has 0 bridgehead atoms. The number of hydrogen-bond donors (Lipinski definition) is 2. The molecule has 0 aromatic carbocycles. The molecule has 3 nitrogen and oxygen atoms in total. The molecule has 2 saturated carbocycles. The normalized spacial score (nSPS) is 27.5. The van der Waals surface area contributed by atoms with Gasteiger partial charge in [0.1, 0.15) is 0 Å². The van der Waals surface area contributed by atoms with Crippen molar-refractivity contribution in [1.29, 1.82) is 0 Å². The Bertz CT molecular complexity index is 291. The molecule has 0 aromatic rings. The molecule has 1 unspecified atom stereocenters. The fourth-order valence-corrected chi connectivity index (χ4v) is 3.37. The van der Waals surface area contributed by atoms with Crippen LogP contribution in [0.4, 0.5) is 0 Å². The summed E-state index contributed by atoms with van der Waals surface area (Å²) in [5, 5.41) is 13.3. The molecule has 0 heterocycles. The first-order chi connectivity index (χ1) is 8.84. The Labute approximate surface area is 118 Å². The quantitative estimate of drug-likeness (QED) is 0.776. The van der Waals surface area contributed by atoms with Crippen LogP contribution in [0.3, 0.4) is 0 Å². The zero-order valence-electron chi connectivity index (χ0n) is 13.2. The lowest BCUT2D eigenvalue weighted by atomic mass is 9.75. The number of aliphatic hydroxyl groups excluding tert-OH is 1. The van der Waals surface area contributed by atoms with Crippen LogP contribution in [0.15, 0.2) is 0 Å². The lowest BCUT2D eigenvalue weighted by molar-refractivity contribution is 0.0771. The zero-order chi connectivity index (χ0) is 14.1. The molecule has 0 aliphatic heterocycles. The van der Waals surface area contributed by atoms with Gasteiger partial charge in [-0.3, -0.25) is 0 Å². The molecule has 1 atom stereocenters. The minimum Gasteiger partial charge on any atom is -0.394 e. The van der Waals surface area contributed by atoms with Gasteiger partial charge in [0.05, 0.1) is 12.1 Å². The van der Waals surface area contributed by atoms with E-state index in [9.17, 15) is 5.11 Å². The topological polar surface area (TPSA) is 35.5 Å². The van der Waals surface area contributed by atoms with E-state index in [0.717, 1.165) is 6.54 Å². The summed E-state index contributed by atoms with van der Waals surface area (Å²) < 4.78 is 0. The minimum absolute atomic E-state index is 0.136. The summed E-state index contributed by atoms with van der Waals surface area (Å²) in [5.74, 6) is 0. The van der Waals surface area contributed by atoms with Gasteiger partial charge in [-0.15, -0.1) is 0 Å². The van der Waals surface area contributed by atoms with Crippen LogP contribution in [0.1, 0.15) is 59.3 Å². The second-order valence-electron chi connectivity index (χ2n) is 7.95. The van der Waals surface area contributed by atoms with Crippen molar-refractivity contribution in [3.05, 3.63) is 0 Å². The summed E-state index contributed by atoms with van der Waals surface area (Å²) in [4.78, 5) is 2.47. The molecule has 19 heavy (non-hydrogen) atoms. The molecule has 0 radical (unpaired) electrons. The Hall–Kier alpha value is -0.120. The molecule has 2 aliphatic carbocycles. The number of aliphatic hydroxyl groups is 1. The van der Waals surface area contributed by atoms with Gasteiger partial charge in [-0.1, -0.05) is 13.8 Å². The summed E-state index contributed by atoms with van der Waals surface area (Å²) in [7, 11) is 2.23. The van der Waals surface area contributed by atoms with Gasteiger partial charge in [0.25, 0.3) is 0 Å². The highest BCUT2D eigenvalue weighted by Crippen LogP contribution is 2.37. The Morgan fingerprint density at radius 3 is 2.26 bits per heavy atom. The Morgan fingerprint density at radius 1 is 1.21 bits per heavy atom. The van der Waals surface area contributed by atoms with E-state index in [0.29, 0.717) is 17.5 Å². The van der Waals surface area contributed by atoms with Crippen LogP contribution in [-0.4, -0.2) is 47.8 Å². The molecule has 0 amide bonds. The molecular formula is C16H32N2O. The minimum atomic E-state index is -0.136. The first-order valence-electron chi connectivity index (χ1n) is 7.92. The van der Waals surface area contributed by atoms with Crippen molar-refractivity contribution in [3.63, 3.8) is 0 Å². The first-order valence-corrected chi connectivity index (χ1v) is 7.92. The fourth-order valence-electron chi connectivity index (χ4n) is 3.37. The van der Waals surface area contributed by atoms with Gasteiger partial charge < -0.3 is 15.3 Å². The zero-order valence-corrected chi connectivity index (χ0v) is 13.2. The third-order valence-electron chi connectivity index (χ3n) is 5.01. The molecule has 0 spiro atoms. The molecular weight excluding hydrogens is 236 g/mol. The number of nitrogens with one attached hydrogen (secondary N) is 1. The van der Waals surface area contributed by atoms with Crippen molar-refractivity contribution in [2.75, 3.05) is 20.2 Å². The largest absolute Gasteiger partial charge is 0.394 e. The van der Waals surface area contributed by atoms with Gasteiger partial charge in [0, 0.05) is 18.6 Å². The second kappa shape index (κ2) is 5.71. The van der Waals surface area contributed by atoms with Crippen LogP contribution < -0.4 is 5.32 Å². The van der Waals surface area contributed by atoms with Crippen LogP contribution in [0.5, 0.6) is 0 Å². The number of rotatable bonds is 6. The standard InChI is InChI=1S/C16H32N2O/c1-15(2)9-7-14(8-10-15)18(4)11-16(3,12-19)17-13-5-6-13/h13-14,17,19H,5-12H2,1-4H3. The van der Waals surface area contributed by atoms with E-state index in [4.69, 9.17) is 0 Å². The highest BCUT2D eigenvalue weighted by Gasteiger charge is 2.35. The third-order valence-corrected chi connectivity index (χ3v) is 5.01. The van der Waals surface area contributed by atoms with Crippen LogP contribution in [-0.2, 0) is 0 Å². The van der Waals surface area contributed by atoms with Gasteiger partial charge in [-0.2, -0.15) is 0 Å². The molecule has 112 valence electrons. The Balaban J connectivity index is 1.83. The van der Waals surface area contributed by atoms with Crippen LogP contribution >= 0.6 is 0 Å². The van der Waals surface area contributed by atoms with Gasteiger partial charge in [-0.05, 0) is 57.9 Å². The van der Waals surface area contributed by atoms with Crippen molar-refractivity contribution in [1.82, 2.24) is 10.2 Å². The SMILES string of the molecule is CN(CC(C)(CO)NC1CC1)C1CCC(C)(C)CC1. The van der Waals surface area contributed by atoms with Gasteiger partial charge in [-0.25, -0.2) is 0 Å². The van der Waals surface area contributed by atoms with E-state index in [2.05, 4.69) is 38.0 Å². The van der Waals surface area contributed by atoms with Crippen molar-refractivity contribution in [3.8, 4) is 0 Å². The maximum Gasteiger partial charge on any atom is 0.0623 e. The highest BCUT2D eigenvalue weighted by molar-refractivity contribution is 4.95. The van der Waals surface area contributed by atoms with Crippen molar-refractivity contribution in [2.24, 2.45) is 5.41 Å². The number of likely N-dealkylation sites (N-methyl/N-ethyl adjacent to an activating group) is 1. The molecule has 3 heteroatoms. The van der Waals surface area contributed by atoms with Crippen LogP contribution in [0.2, 0.25) is 0 Å². The molecule has 2 aliphatic rings. The average Bonchev–Trinajstić information content (AvgIpc) is 3.12. The third kappa shape index (κ3) is 4.44. The lowest BCUT2D eigenvalue weighted by Gasteiger charge is -2.42. The maximum absolute atomic E-state index is 9.70. The first kappa shape index (κ1) is 15.3. The van der Waals surface area contributed by atoms with Crippen molar-refractivity contribution in [2.45, 2.75) is 76.9 Å². The Morgan fingerprint density at radius 2 is 1.79 bits per heavy atom. The second-order valence-corrected chi connectivity index (χ2v) is 7.95. The van der Waals surface area contributed by atoms with Gasteiger partial charge in [0.15, 0.2) is 0 Å². The van der Waals surface area contributed by atoms with E-state index in [1.165, 1.54) is 38.5 Å². The number of hydrogen-bond acceptors (Lipinski definition) is 3. The number of nitrogens with zero attached hydrogens (tertiary/aromatic N) is 1. The van der Waals surface area contributed by atoms with E-state index < -0.39 is 0 Å². The van der Waals surface area contributed by atoms with Crippen LogP contribution in [0.25, 0.3) is 0 Å². The summed E-state index contributed by atoms with van der Waals surface area (Å²) in [6.45, 7) is 8.11. The summed E-state index contributed by atoms with van der Waals surface area (Å²) in [5.41, 5.74) is 0.396. The smallest absolute Gasteiger partial charge is 0.0623 e. The van der Waals surface area contributed by atoms with Gasteiger partial charge in [0.2, 0.25) is 0 Å². The maximum atomic E-state index is 9.70. The average molecular weight is 268 g/mol. The molecule has 0 aromatic heterocycles. The van der Waals surface area contributed by atoms with Crippen LogP contribution in [0, 0.1) is 5.41 Å². The summed E-state index contributed by atoms with van der Waals surface area (Å²) >= 11 is 0. The van der Waals surface area contributed by atoms with E-state index in [1.807, 2.05) is 0 Å². The summed E-state index contributed by atoms with van der Waals surface area (Å²) in [6.07, 6.45) is 7.80. The predicted molar refractivity (Wildman–Crippen MR) is 80.3 cm³/mol. The monoisotopic (exact) mass is 268 g/mol. The molecule has 2 rings (SSSR count). The fraction of sp³-hybridized carbons (Fsp3) is 1.00. The molecule has 2 N–H and O–H groups in total. The summed E-state index contributed by atoms with van der Waals surface area (Å²) in [6, 6.07) is 1.34. The lowest BCUT2D eigenvalue weighted by Crippen LogP contribution is -2.56. The van der Waals surface area contributed by atoms with Gasteiger partial charge >= 0.3 is 0 Å². The van der Waals surface area contributed by atoms with Crippen molar-refractivity contribution >= 4 is 0 Å². The van der Waals surface area contributed by atoms with E-state index in [-0.39, 0.29) is 12.1 Å². The van der Waals surface area contributed by atoms with E-state index in [1.54, 1.807) is 0 Å². The van der Waals surface area contributed by atoms with E-state index >= 15 is 0 Å². The highest BCUT2D eigenvalue weighted by atomic mass is 16.3. The molecule has 0 saturated heterocycles. The predicted octanol–water partition coefficient (Wildman–Crippen LogP) is 2.39. The van der Waals surface area contributed by atoms with Crippen molar-refractivity contribution < 1.29 is 5.11 Å².